The topological polar surface area (TPSA) is 47.3 Å². The minimum atomic E-state index is -0.386. The van der Waals surface area contributed by atoms with Crippen molar-refractivity contribution in [2.45, 2.75) is 25.3 Å². The average molecular weight is 268 g/mol. The van der Waals surface area contributed by atoms with Crippen LogP contribution in [-0.2, 0) is 4.74 Å². The van der Waals surface area contributed by atoms with Crippen molar-refractivity contribution in [2.24, 2.45) is 5.73 Å². The van der Waals surface area contributed by atoms with Crippen LogP contribution in [0.15, 0.2) is 18.2 Å². The first kappa shape index (κ1) is 13.2. The van der Waals surface area contributed by atoms with Gasteiger partial charge in [0.15, 0.2) is 0 Å². The van der Waals surface area contributed by atoms with Crippen LogP contribution in [0.2, 0.25) is 0 Å². The van der Waals surface area contributed by atoms with Crippen LogP contribution in [0, 0.1) is 5.82 Å². The second kappa shape index (κ2) is 5.20. The number of nitrogens with one attached hydrogen (secondary N) is 1. The molecule has 0 aromatic heterocycles. The van der Waals surface area contributed by atoms with Gasteiger partial charge in [-0.25, -0.2) is 4.39 Å². The summed E-state index contributed by atoms with van der Waals surface area (Å²) in [4.78, 5) is 0.0799. The van der Waals surface area contributed by atoms with Gasteiger partial charge in [-0.2, -0.15) is 0 Å². The van der Waals surface area contributed by atoms with Gasteiger partial charge in [0.2, 0.25) is 0 Å². The molecule has 0 radical (unpaired) electrons. The second-order valence-corrected chi connectivity index (χ2v) is 5.30. The Morgan fingerprint density at radius 1 is 1.44 bits per heavy atom. The fourth-order valence-electron chi connectivity index (χ4n) is 2.09. The van der Waals surface area contributed by atoms with Gasteiger partial charge in [0.05, 0.1) is 0 Å². The molecule has 0 amide bonds. The van der Waals surface area contributed by atoms with Crippen LogP contribution in [0.5, 0.6) is 0 Å². The highest BCUT2D eigenvalue weighted by Crippen LogP contribution is 2.26. The number of benzene rings is 1. The van der Waals surface area contributed by atoms with Gasteiger partial charge < -0.3 is 15.8 Å². The molecule has 1 saturated heterocycles. The van der Waals surface area contributed by atoms with Crippen molar-refractivity contribution in [1.29, 1.82) is 0 Å². The maximum atomic E-state index is 13.7. The molecule has 18 heavy (non-hydrogen) atoms. The second-order valence-electron chi connectivity index (χ2n) is 4.86. The van der Waals surface area contributed by atoms with Gasteiger partial charge in [-0.15, -0.1) is 0 Å². The number of thiocarbonyl (C=S) groups is 1. The van der Waals surface area contributed by atoms with Crippen molar-refractivity contribution in [1.82, 2.24) is 0 Å². The number of hydrogen-bond donors (Lipinski definition) is 2. The molecule has 1 aliphatic heterocycles. The smallest absolute Gasteiger partial charge is 0.135 e. The summed E-state index contributed by atoms with van der Waals surface area (Å²) < 4.78 is 19.1. The normalized spacial score (nSPS) is 18.3. The number of hydrogen-bond acceptors (Lipinski definition) is 3. The third kappa shape index (κ3) is 2.97. The molecular weight excluding hydrogens is 251 g/mol. The fraction of sp³-hybridized carbons (Fsp3) is 0.462. The Morgan fingerprint density at radius 2 is 2.11 bits per heavy atom. The number of nitrogens with two attached hydrogens (primary N) is 1. The Labute approximate surface area is 112 Å². The van der Waals surface area contributed by atoms with Gasteiger partial charge in [0, 0.05) is 30.0 Å². The van der Waals surface area contributed by atoms with Crippen LogP contribution in [0.1, 0.15) is 25.3 Å². The largest absolute Gasteiger partial charge is 0.389 e. The zero-order chi connectivity index (χ0) is 13.2. The average Bonchev–Trinajstić information content (AvgIpc) is 2.28. The molecule has 1 heterocycles. The Balaban J connectivity index is 2.14. The number of ether oxygens (including phenoxy) is 1. The minimum Gasteiger partial charge on any atom is -0.389 e. The van der Waals surface area contributed by atoms with Crippen LogP contribution >= 0.6 is 12.2 Å². The molecule has 5 heteroatoms. The van der Waals surface area contributed by atoms with Gasteiger partial charge in [0.1, 0.15) is 10.8 Å². The molecule has 0 aliphatic carbocycles. The molecule has 1 aliphatic rings. The summed E-state index contributed by atoms with van der Waals surface area (Å²) in [5, 5.41) is 3.36. The molecule has 3 N–H and O–H groups in total. The highest BCUT2D eigenvalue weighted by atomic mass is 32.1. The Hall–Kier alpha value is -1.20. The minimum absolute atomic E-state index is 0.0462. The van der Waals surface area contributed by atoms with Gasteiger partial charge in [-0.3, -0.25) is 0 Å². The lowest BCUT2D eigenvalue weighted by molar-refractivity contribution is 0.0658. The summed E-state index contributed by atoms with van der Waals surface area (Å²) >= 11 is 4.78. The molecule has 1 aromatic rings. The van der Waals surface area contributed by atoms with Crippen molar-refractivity contribution in [3.8, 4) is 0 Å². The van der Waals surface area contributed by atoms with Crippen LogP contribution < -0.4 is 11.1 Å². The summed E-state index contributed by atoms with van der Waals surface area (Å²) in [7, 11) is 0. The molecule has 1 fully saturated rings. The van der Waals surface area contributed by atoms with Gasteiger partial charge in [-0.05, 0) is 38.0 Å². The van der Waals surface area contributed by atoms with E-state index in [4.69, 9.17) is 22.7 Å². The van der Waals surface area contributed by atoms with Gasteiger partial charge in [-0.1, -0.05) is 12.2 Å². The van der Waals surface area contributed by atoms with E-state index >= 15 is 0 Å². The Bertz CT molecular complexity index is 458. The summed E-state index contributed by atoms with van der Waals surface area (Å²) in [5.74, 6) is -0.386. The summed E-state index contributed by atoms with van der Waals surface area (Å²) in [5.41, 5.74) is 6.42. The highest BCUT2D eigenvalue weighted by Gasteiger charge is 2.27. The first-order chi connectivity index (χ1) is 8.50. The van der Waals surface area contributed by atoms with E-state index in [9.17, 15) is 4.39 Å². The Morgan fingerprint density at radius 3 is 2.67 bits per heavy atom. The van der Waals surface area contributed by atoms with Crippen molar-refractivity contribution in [3.63, 3.8) is 0 Å². The SMILES string of the molecule is CC1(Nc2ccc(C(N)=S)c(F)c2)CCOCC1. The maximum absolute atomic E-state index is 13.7. The number of halogens is 1. The molecule has 0 bridgehead atoms. The van der Waals surface area contributed by atoms with Crippen molar-refractivity contribution < 1.29 is 9.13 Å². The quantitative estimate of drug-likeness (QED) is 0.827. The van der Waals surface area contributed by atoms with Crippen LogP contribution in [0.4, 0.5) is 10.1 Å². The lowest BCUT2D eigenvalue weighted by atomic mass is 9.92. The lowest BCUT2D eigenvalue weighted by Crippen LogP contribution is -2.40. The Kier molecular flexibility index (Phi) is 3.82. The van der Waals surface area contributed by atoms with Crippen LogP contribution in [0.25, 0.3) is 0 Å². The van der Waals surface area contributed by atoms with E-state index in [0.29, 0.717) is 0 Å². The lowest BCUT2D eigenvalue weighted by Gasteiger charge is -2.35. The molecule has 98 valence electrons. The fourth-order valence-corrected chi connectivity index (χ4v) is 2.25. The van der Waals surface area contributed by atoms with E-state index in [1.54, 1.807) is 12.1 Å². The number of anilines is 1. The first-order valence-electron chi connectivity index (χ1n) is 5.95. The molecule has 3 nitrogen and oxygen atoms in total. The zero-order valence-corrected chi connectivity index (χ0v) is 11.1. The highest BCUT2D eigenvalue weighted by molar-refractivity contribution is 7.80. The van der Waals surface area contributed by atoms with Crippen LogP contribution in [-0.4, -0.2) is 23.7 Å². The third-order valence-corrected chi connectivity index (χ3v) is 3.50. The predicted octanol–water partition coefficient (Wildman–Crippen LogP) is 2.44. The van der Waals surface area contributed by atoms with E-state index in [2.05, 4.69) is 12.2 Å². The zero-order valence-electron chi connectivity index (χ0n) is 10.3. The summed E-state index contributed by atoms with van der Waals surface area (Å²) in [6, 6.07) is 4.86. The summed E-state index contributed by atoms with van der Waals surface area (Å²) in [6.45, 7) is 3.59. The standard InChI is InChI=1S/C13H17FN2OS/c1-13(4-6-17-7-5-13)16-9-2-3-10(12(15)18)11(14)8-9/h2-3,8,16H,4-7H2,1H3,(H2,15,18). The van der Waals surface area contributed by atoms with Crippen LogP contribution in [0.3, 0.4) is 0 Å². The number of rotatable bonds is 3. The molecule has 0 saturated carbocycles. The predicted molar refractivity (Wildman–Crippen MR) is 74.4 cm³/mol. The van der Waals surface area contributed by atoms with E-state index in [-0.39, 0.29) is 21.9 Å². The molecule has 2 rings (SSSR count). The molecule has 1 aromatic carbocycles. The van der Waals surface area contributed by atoms with E-state index in [1.165, 1.54) is 6.07 Å². The maximum Gasteiger partial charge on any atom is 0.135 e. The van der Waals surface area contributed by atoms with E-state index < -0.39 is 0 Å². The van der Waals surface area contributed by atoms with Gasteiger partial charge in [0.25, 0.3) is 0 Å². The van der Waals surface area contributed by atoms with Crippen molar-refractivity contribution in [3.05, 3.63) is 29.6 Å². The van der Waals surface area contributed by atoms with Crippen molar-refractivity contribution in [2.75, 3.05) is 18.5 Å². The van der Waals surface area contributed by atoms with E-state index in [0.717, 1.165) is 31.7 Å². The third-order valence-electron chi connectivity index (χ3n) is 3.28. The monoisotopic (exact) mass is 268 g/mol. The summed E-state index contributed by atoms with van der Waals surface area (Å²) in [6.07, 6.45) is 1.82. The van der Waals surface area contributed by atoms with Crippen molar-refractivity contribution >= 4 is 22.9 Å². The van der Waals surface area contributed by atoms with E-state index in [1.807, 2.05) is 0 Å². The first-order valence-corrected chi connectivity index (χ1v) is 6.36. The van der Waals surface area contributed by atoms with Gasteiger partial charge >= 0.3 is 0 Å². The molecule has 0 atom stereocenters. The molecule has 0 spiro atoms. The molecule has 0 unspecified atom stereocenters. The molecular formula is C13H17FN2OS.